The van der Waals surface area contributed by atoms with E-state index in [0.29, 0.717) is 0 Å². The molecule has 2 rings (SSSR count). The minimum atomic E-state index is -0.615. The maximum Gasteiger partial charge on any atom is 0.109 e. The van der Waals surface area contributed by atoms with Crippen molar-refractivity contribution in [2.24, 2.45) is 5.41 Å². The fourth-order valence-electron chi connectivity index (χ4n) is 1.95. The molecule has 1 fully saturated rings. The number of hydrogen-bond donors (Lipinski definition) is 2. The van der Waals surface area contributed by atoms with Crippen molar-refractivity contribution in [1.82, 2.24) is 4.98 Å². The first kappa shape index (κ1) is 7.87. The van der Waals surface area contributed by atoms with Crippen molar-refractivity contribution < 1.29 is 5.11 Å². The SMILES string of the molecule is CC1(C)CCC1(O)c1ccc[nH]1. The third-order valence-electron chi connectivity index (χ3n) is 3.27. The van der Waals surface area contributed by atoms with Gasteiger partial charge in [-0.15, -0.1) is 0 Å². The van der Waals surface area contributed by atoms with E-state index in [1.807, 2.05) is 18.3 Å². The van der Waals surface area contributed by atoms with Crippen LogP contribution in [0.2, 0.25) is 0 Å². The van der Waals surface area contributed by atoms with Crippen LogP contribution in [0.15, 0.2) is 18.3 Å². The van der Waals surface area contributed by atoms with Gasteiger partial charge in [0.15, 0.2) is 0 Å². The lowest BCUT2D eigenvalue weighted by molar-refractivity contribution is -0.158. The largest absolute Gasteiger partial charge is 0.383 e. The zero-order valence-electron chi connectivity index (χ0n) is 7.59. The second-order valence-corrected chi connectivity index (χ2v) is 4.33. The molecule has 0 radical (unpaired) electrons. The molecule has 0 amide bonds. The lowest BCUT2D eigenvalue weighted by Gasteiger charge is -2.52. The van der Waals surface area contributed by atoms with Crippen LogP contribution in [0, 0.1) is 5.41 Å². The normalized spacial score (nSPS) is 32.9. The minimum absolute atomic E-state index is 0.0256. The molecule has 1 heterocycles. The molecule has 1 aliphatic rings. The van der Waals surface area contributed by atoms with Crippen LogP contribution >= 0.6 is 0 Å². The predicted octanol–water partition coefficient (Wildman–Crippen LogP) is 2.02. The van der Waals surface area contributed by atoms with E-state index >= 15 is 0 Å². The highest BCUT2D eigenvalue weighted by molar-refractivity contribution is 5.21. The Kier molecular flexibility index (Phi) is 1.40. The average Bonchev–Trinajstić information content (AvgIpc) is 2.53. The van der Waals surface area contributed by atoms with E-state index in [1.165, 1.54) is 0 Å². The number of hydrogen-bond acceptors (Lipinski definition) is 1. The summed E-state index contributed by atoms with van der Waals surface area (Å²) in [5.74, 6) is 0. The number of nitrogens with one attached hydrogen (secondary N) is 1. The number of aromatic amines is 1. The molecule has 2 heteroatoms. The molecule has 1 unspecified atom stereocenters. The van der Waals surface area contributed by atoms with Crippen LogP contribution < -0.4 is 0 Å². The first-order valence-corrected chi connectivity index (χ1v) is 4.42. The van der Waals surface area contributed by atoms with Crippen LogP contribution in [0.1, 0.15) is 32.4 Å². The van der Waals surface area contributed by atoms with Gasteiger partial charge in [-0.3, -0.25) is 0 Å². The Morgan fingerprint density at radius 1 is 1.42 bits per heavy atom. The van der Waals surface area contributed by atoms with Gasteiger partial charge in [-0.25, -0.2) is 0 Å². The first-order chi connectivity index (χ1) is 5.56. The van der Waals surface area contributed by atoms with Crippen LogP contribution in [0.4, 0.5) is 0 Å². The lowest BCUT2D eigenvalue weighted by Crippen LogP contribution is -2.51. The van der Waals surface area contributed by atoms with E-state index < -0.39 is 5.60 Å². The number of H-pyrrole nitrogens is 1. The highest BCUT2D eigenvalue weighted by atomic mass is 16.3. The smallest absolute Gasteiger partial charge is 0.109 e. The Balaban J connectivity index is 2.35. The van der Waals surface area contributed by atoms with Crippen molar-refractivity contribution in [2.75, 3.05) is 0 Å². The fraction of sp³-hybridized carbons (Fsp3) is 0.600. The van der Waals surface area contributed by atoms with Gasteiger partial charge in [-0.1, -0.05) is 13.8 Å². The van der Waals surface area contributed by atoms with Crippen molar-refractivity contribution in [1.29, 1.82) is 0 Å². The van der Waals surface area contributed by atoms with Gasteiger partial charge >= 0.3 is 0 Å². The summed E-state index contributed by atoms with van der Waals surface area (Å²) in [5.41, 5.74) is 0.368. The summed E-state index contributed by atoms with van der Waals surface area (Å²) in [4.78, 5) is 3.09. The summed E-state index contributed by atoms with van der Waals surface area (Å²) in [6, 6.07) is 3.89. The monoisotopic (exact) mass is 165 g/mol. The Bertz CT molecular complexity index is 276. The first-order valence-electron chi connectivity index (χ1n) is 4.42. The van der Waals surface area contributed by atoms with E-state index in [4.69, 9.17) is 0 Å². The predicted molar refractivity (Wildman–Crippen MR) is 47.7 cm³/mol. The molecule has 0 aromatic carbocycles. The molecular formula is C10H15NO. The molecule has 1 atom stereocenters. The number of rotatable bonds is 1. The Labute approximate surface area is 72.6 Å². The summed E-state index contributed by atoms with van der Waals surface area (Å²) in [5, 5.41) is 10.3. The number of aromatic nitrogens is 1. The Morgan fingerprint density at radius 2 is 2.17 bits per heavy atom. The Morgan fingerprint density at radius 3 is 2.50 bits per heavy atom. The highest BCUT2D eigenvalue weighted by Gasteiger charge is 2.53. The second-order valence-electron chi connectivity index (χ2n) is 4.33. The Hall–Kier alpha value is -0.760. The molecule has 2 nitrogen and oxygen atoms in total. The van der Waals surface area contributed by atoms with E-state index in [0.717, 1.165) is 18.5 Å². The van der Waals surface area contributed by atoms with Crippen molar-refractivity contribution in [3.8, 4) is 0 Å². The van der Waals surface area contributed by atoms with Crippen molar-refractivity contribution >= 4 is 0 Å². The molecule has 0 bridgehead atoms. The maximum atomic E-state index is 10.3. The van der Waals surface area contributed by atoms with Gasteiger partial charge in [-0.2, -0.15) is 0 Å². The van der Waals surface area contributed by atoms with Gasteiger partial charge in [0.1, 0.15) is 5.60 Å². The topological polar surface area (TPSA) is 36.0 Å². The second kappa shape index (κ2) is 2.13. The summed E-state index contributed by atoms with van der Waals surface area (Å²) >= 11 is 0. The highest BCUT2D eigenvalue weighted by Crippen LogP contribution is 2.55. The van der Waals surface area contributed by atoms with Gasteiger partial charge in [-0.05, 0) is 30.4 Å². The van der Waals surface area contributed by atoms with Crippen LogP contribution in [-0.2, 0) is 5.60 Å². The van der Waals surface area contributed by atoms with E-state index in [2.05, 4.69) is 18.8 Å². The third-order valence-corrected chi connectivity index (χ3v) is 3.27. The molecule has 1 saturated carbocycles. The molecule has 2 N–H and O–H groups in total. The molecule has 0 spiro atoms. The van der Waals surface area contributed by atoms with Crippen LogP contribution in [0.5, 0.6) is 0 Å². The van der Waals surface area contributed by atoms with E-state index in [9.17, 15) is 5.11 Å². The van der Waals surface area contributed by atoms with Crippen LogP contribution in [-0.4, -0.2) is 10.1 Å². The maximum absolute atomic E-state index is 10.3. The number of aliphatic hydroxyl groups is 1. The zero-order valence-corrected chi connectivity index (χ0v) is 7.59. The molecule has 0 aliphatic heterocycles. The minimum Gasteiger partial charge on any atom is -0.383 e. The standard InChI is InChI=1S/C10H15NO/c1-9(2)5-6-10(9,12)8-4-3-7-11-8/h3-4,7,11-12H,5-6H2,1-2H3. The summed E-state index contributed by atoms with van der Waals surface area (Å²) < 4.78 is 0. The molecule has 1 aliphatic carbocycles. The van der Waals surface area contributed by atoms with Crippen molar-refractivity contribution in [2.45, 2.75) is 32.3 Å². The summed E-state index contributed by atoms with van der Waals surface area (Å²) in [6.45, 7) is 4.22. The summed E-state index contributed by atoms with van der Waals surface area (Å²) in [7, 11) is 0. The van der Waals surface area contributed by atoms with Gasteiger partial charge < -0.3 is 10.1 Å². The van der Waals surface area contributed by atoms with Crippen molar-refractivity contribution in [3.63, 3.8) is 0 Å². The quantitative estimate of drug-likeness (QED) is 0.656. The lowest BCUT2D eigenvalue weighted by atomic mass is 9.57. The van der Waals surface area contributed by atoms with E-state index in [-0.39, 0.29) is 5.41 Å². The third kappa shape index (κ3) is 0.787. The molecule has 1 aromatic rings. The molecule has 1 aromatic heterocycles. The van der Waals surface area contributed by atoms with Crippen molar-refractivity contribution in [3.05, 3.63) is 24.0 Å². The molecule has 12 heavy (non-hydrogen) atoms. The summed E-state index contributed by atoms with van der Waals surface area (Å²) in [6.07, 6.45) is 3.84. The van der Waals surface area contributed by atoms with Crippen LogP contribution in [0.3, 0.4) is 0 Å². The van der Waals surface area contributed by atoms with Gasteiger partial charge in [0, 0.05) is 11.9 Å². The van der Waals surface area contributed by atoms with Gasteiger partial charge in [0.05, 0.1) is 0 Å². The zero-order chi connectivity index (χ0) is 8.82. The molecule has 66 valence electrons. The van der Waals surface area contributed by atoms with Gasteiger partial charge in [0.25, 0.3) is 0 Å². The molecular weight excluding hydrogens is 150 g/mol. The van der Waals surface area contributed by atoms with E-state index in [1.54, 1.807) is 0 Å². The molecule has 0 saturated heterocycles. The average molecular weight is 165 g/mol. The fourth-order valence-corrected chi connectivity index (χ4v) is 1.95. The van der Waals surface area contributed by atoms with Crippen LogP contribution in [0.25, 0.3) is 0 Å². The van der Waals surface area contributed by atoms with Gasteiger partial charge in [0.2, 0.25) is 0 Å².